The topological polar surface area (TPSA) is 84.7 Å². The minimum atomic E-state index is -0.236. The van der Waals surface area contributed by atoms with Gasteiger partial charge in [-0.1, -0.05) is 18.2 Å². The van der Waals surface area contributed by atoms with Gasteiger partial charge in [0.1, 0.15) is 5.75 Å². The molecule has 0 saturated carbocycles. The Morgan fingerprint density at radius 1 is 1.32 bits per heavy atom. The summed E-state index contributed by atoms with van der Waals surface area (Å²) in [5.74, 6) is 0.460. The molecule has 1 saturated heterocycles. The highest BCUT2D eigenvalue weighted by molar-refractivity contribution is 5.78. The van der Waals surface area contributed by atoms with E-state index in [9.17, 15) is 9.59 Å². The SMILES string of the molecule is COc1ccccc1CNC(=O)CN1CCC(C(N)=O)CC1. The van der Waals surface area contributed by atoms with E-state index < -0.39 is 0 Å². The lowest BCUT2D eigenvalue weighted by Crippen LogP contribution is -2.43. The molecule has 1 aliphatic heterocycles. The molecule has 0 bridgehead atoms. The summed E-state index contributed by atoms with van der Waals surface area (Å²) in [5, 5.41) is 2.90. The Morgan fingerprint density at radius 2 is 2.00 bits per heavy atom. The fraction of sp³-hybridized carbons (Fsp3) is 0.500. The Hall–Kier alpha value is -2.08. The van der Waals surface area contributed by atoms with E-state index in [0.717, 1.165) is 37.2 Å². The van der Waals surface area contributed by atoms with Gasteiger partial charge < -0.3 is 15.8 Å². The molecule has 1 heterocycles. The van der Waals surface area contributed by atoms with Gasteiger partial charge in [0.2, 0.25) is 11.8 Å². The molecular weight excluding hydrogens is 282 g/mol. The third kappa shape index (κ3) is 4.46. The van der Waals surface area contributed by atoms with E-state index in [1.165, 1.54) is 0 Å². The zero-order valence-electron chi connectivity index (χ0n) is 12.9. The van der Waals surface area contributed by atoms with Crippen molar-refractivity contribution >= 4 is 11.8 Å². The maximum Gasteiger partial charge on any atom is 0.234 e. The lowest BCUT2D eigenvalue weighted by molar-refractivity contribution is -0.124. The smallest absolute Gasteiger partial charge is 0.234 e. The molecule has 1 aromatic rings. The second-order valence-electron chi connectivity index (χ2n) is 5.54. The van der Waals surface area contributed by atoms with Crippen LogP contribution in [0.1, 0.15) is 18.4 Å². The van der Waals surface area contributed by atoms with Crippen LogP contribution in [0.15, 0.2) is 24.3 Å². The van der Waals surface area contributed by atoms with Gasteiger partial charge in [0.25, 0.3) is 0 Å². The minimum absolute atomic E-state index is 0.0246. The van der Waals surface area contributed by atoms with Crippen LogP contribution in [0.25, 0.3) is 0 Å². The molecule has 22 heavy (non-hydrogen) atoms. The second-order valence-corrected chi connectivity index (χ2v) is 5.54. The van der Waals surface area contributed by atoms with Crippen LogP contribution in [-0.4, -0.2) is 43.5 Å². The molecule has 3 N–H and O–H groups in total. The predicted octanol–water partition coefficient (Wildman–Crippen LogP) is 0.509. The van der Waals surface area contributed by atoms with Gasteiger partial charge in [-0.15, -0.1) is 0 Å². The highest BCUT2D eigenvalue weighted by Gasteiger charge is 2.24. The highest BCUT2D eigenvalue weighted by Crippen LogP contribution is 2.17. The number of ether oxygens (including phenoxy) is 1. The van der Waals surface area contributed by atoms with E-state index >= 15 is 0 Å². The van der Waals surface area contributed by atoms with Crippen LogP contribution < -0.4 is 15.8 Å². The third-order valence-electron chi connectivity index (χ3n) is 4.03. The number of para-hydroxylation sites is 1. The highest BCUT2D eigenvalue weighted by atomic mass is 16.5. The molecule has 120 valence electrons. The number of carbonyl (C=O) groups is 2. The number of amides is 2. The van der Waals surface area contributed by atoms with E-state index in [2.05, 4.69) is 10.2 Å². The van der Waals surface area contributed by atoms with Gasteiger partial charge >= 0.3 is 0 Å². The molecule has 0 spiro atoms. The van der Waals surface area contributed by atoms with Crippen LogP contribution in [-0.2, 0) is 16.1 Å². The molecule has 0 radical (unpaired) electrons. The number of carbonyl (C=O) groups excluding carboxylic acids is 2. The lowest BCUT2D eigenvalue weighted by Gasteiger charge is -2.29. The van der Waals surface area contributed by atoms with Gasteiger partial charge in [-0.3, -0.25) is 14.5 Å². The van der Waals surface area contributed by atoms with Crippen molar-refractivity contribution in [2.75, 3.05) is 26.7 Å². The zero-order valence-corrected chi connectivity index (χ0v) is 12.9. The van der Waals surface area contributed by atoms with Gasteiger partial charge in [0, 0.05) is 18.0 Å². The molecule has 0 unspecified atom stereocenters. The van der Waals surface area contributed by atoms with Crippen molar-refractivity contribution in [3.05, 3.63) is 29.8 Å². The molecular formula is C16H23N3O3. The van der Waals surface area contributed by atoms with Crippen molar-refractivity contribution in [1.82, 2.24) is 10.2 Å². The first-order valence-corrected chi connectivity index (χ1v) is 7.50. The van der Waals surface area contributed by atoms with Crippen LogP contribution in [0, 0.1) is 5.92 Å². The van der Waals surface area contributed by atoms with Crippen molar-refractivity contribution in [3.63, 3.8) is 0 Å². The third-order valence-corrected chi connectivity index (χ3v) is 4.03. The maximum atomic E-state index is 12.0. The number of primary amides is 1. The van der Waals surface area contributed by atoms with Crippen LogP contribution >= 0.6 is 0 Å². The Balaban J connectivity index is 1.76. The normalized spacial score (nSPS) is 16.2. The van der Waals surface area contributed by atoms with Gasteiger partial charge in [-0.05, 0) is 32.0 Å². The minimum Gasteiger partial charge on any atom is -0.496 e. The predicted molar refractivity (Wildman–Crippen MR) is 83.2 cm³/mol. The number of rotatable bonds is 6. The van der Waals surface area contributed by atoms with E-state index in [0.29, 0.717) is 13.1 Å². The van der Waals surface area contributed by atoms with Crippen molar-refractivity contribution in [2.45, 2.75) is 19.4 Å². The molecule has 2 rings (SSSR count). The fourth-order valence-corrected chi connectivity index (χ4v) is 2.68. The van der Waals surface area contributed by atoms with Crippen molar-refractivity contribution < 1.29 is 14.3 Å². The Bertz CT molecular complexity index is 525. The van der Waals surface area contributed by atoms with Crippen molar-refractivity contribution in [1.29, 1.82) is 0 Å². The molecule has 0 aliphatic carbocycles. The quantitative estimate of drug-likeness (QED) is 0.802. The summed E-state index contributed by atoms with van der Waals surface area (Å²) >= 11 is 0. The van der Waals surface area contributed by atoms with Gasteiger partial charge in [-0.2, -0.15) is 0 Å². The van der Waals surface area contributed by atoms with E-state index in [-0.39, 0.29) is 17.7 Å². The lowest BCUT2D eigenvalue weighted by atomic mass is 9.96. The van der Waals surface area contributed by atoms with Crippen molar-refractivity contribution in [3.8, 4) is 5.75 Å². The number of nitrogens with one attached hydrogen (secondary N) is 1. The molecule has 0 aromatic heterocycles. The number of likely N-dealkylation sites (tertiary alicyclic amines) is 1. The number of nitrogens with two attached hydrogens (primary N) is 1. The van der Waals surface area contributed by atoms with E-state index in [1.807, 2.05) is 24.3 Å². The number of methoxy groups -OCH3 is 1. The number of piperidine rings is 1. The number of hydrogen-bond donors (Lipinski definition) is 2. The summed E-state index contributed by atoms with van der Waals surface area (Å²) in [5.41, 5.74) is 6.25. The number of benzene rings is 1. The fourth-order valence-electron chi connectivity index (χ4n) is 2.68. The summed E-state index contributed by atoms with van der Waals surface area (Å²) in [6, 6.07) is 7.61. The van der Waals surface area contributed by atoms with Crippen LogP contribution in [0.2, 0.25) is 0 Å². The van der Waals surface area contributed by atoms with E-state index in [4.69, 9.17) is 10.5 Å². The summed E-state index contributed by atoms with van der Waals surface area (Å²) in [7, 11) is 1.61. The average molecular weight is 305 g/mol. The van der Waals surface area contributed by atoms with Crippen LogP contribution in [0.4, 0.5) is 0 Å². The largest absolute Gasteiger partial charge is 0.496 e. The van der Waals surface area contributed by atoms with Gasteiger partial charge in [-0.25, -0.2) is 0 Å². The molecule has 1 fully saturated rings. The number of nitrogens with zero attached hydrogens (tertiary/aromatic N) is 1. The summed E-state index contributed by atoms with van der Waals surface area (Å²) < 4.78 is 5.26. The second kappa shape index (κ2) is 7.79. The van der Waals surface area contributed by atoms with Gasteiger partial charge in [0.05, 0.1) is 13.7 Å². The Morgan fingerprint density at radius 3 is 2.64 bits per heavy atom. The Labute approximate surface area is 130 Å². The molecule has 6 nitrogen and oxygen atoms in total. The zero-order chi connectivity index (χ0) is 15.9. The monoisotopic (exact) mass is 305 g/mol. The molecule has 6 heteroatoms. The molecule has 1 aliphatic rings. The molecule has 0 atom stereocenters. The Kier molecular flexibility index (Phi) is 5.77. The van der Waals surface area contributed by atoms with Crippen LogP contribution in [0.5, 0.6) is 5.75 Å². The summed E-state index contributed by atoms with van der Waals surface area (Å²) in [6.45, 7) is 2.26. The standard InChI is InChI=1S/C16H23N3O3/c1-22-14-5-3-2-4-13(14)10-18-15(20)11-19-8-6-12(7-9-19)16(17)21/h2-5,12H,6-11H2,1H3,(H2,17,21)(H,18,20). The summed E-state index contributed by atoms with van der Waals surface area (Å²) in [6.07, 6.45) is 1.46. The van der Waals surface area contributed by atoms with E-state index in [1.54, 1.807) is 7.11 Å². The number of hydrogen-bond acceptors (Lipinski definition) is 4. The average Bonchev–Trinajstić information content (AvgIpc) is 2.53. The molecule has 1 aromatic carbocycles. The molecule has 2 amide bonds. The van der Waals surface area contributed by atoms with Crippen molar-refractivity contribution in [2.24, 2.45) is 11.7 Å². The first-order valence-electron chi connectivity index (χ1n) is 7.50. The maximum absolute atomic E-state index is 12.0. The van der Waals surface area contributed by atoms with Gasteiger partial charge in [0.15, 0.2) is 0 Å². The van der Waals surface area contributed by atoms with Crippen LogP contribution in [0.3, 0.4) is 0 Å². The first kappa shape index (κ1) is 16.3. The summed E-state index contributed by atoms with van der Waals surface area (Å²) in [4.78, 5) is 25.2. The first-order chi connectivity index (χ1) is 10.6.